The molecule has 24 heavy (non-hydrogen) atoms. The van der Waals surface area contributed by atoms with Gasteiger partial charge in [0, 0.05) is 19.0 Å². The molecule has 1 aromatic rings. The largest absolute Gasteiger partial charge is 0.591 e. The van der Waals surface area contributed by atoms with E-state index in [-0.39, 0.29) is 23.4 Å². The number of rotatable bonds is 4. The third kappa shape index (κ3) is 5.83. The van der Waals surface area contributed by atoms with Gasteiger partial charge >= 0.3 is 6.09 Å². The number of carbonyl (C=O) groups is 1. The van der Waals surface area contributed by atoms with Gasteiger partial charge in [-0.25, -0.2) is 4.79 Å². The minimum absolute atomic E-state index is 0.134. The lowest BCUT2D eigenvalue weighted by molar-refractivity contribution is 0.0854. The zero-order valence-electron chi connectivity index (χ0n) is 14.6. The van der Waals surface area contributed by atoms with E-state index in [2.05, 4.69) is 4.40 Å². The fourth-order valence-corrected chi connectivity index (χ4v) is 3.01. The lowest BCUT2D eigenvalue weighted by Crippen LogP contribution is -2.40. The van der Waals surface area contributed by atoms with E-state index in [1.165, 1.54) is 0 Å². The third-order valence-corrected chi connectivity index (χ3v) is 5.17. The summed E-state index contributed by atoms with van der Waals surface area (Å²) >= 11 is -1.25. The molecule has 0 N–H and O–H groups in total. The van der Waals surface area contributed by atoms with Crippen LogP contribution in [0.2, 0.25) is 0 Å². The quantitative estimate of drug-likeness (QED) is 0.616. The molecule has 1 aliphatic rings. The fraction of sp³-hybridized carbons (Fsp3) is 0.556. The van der Waals surface area contributed by atoms with E-state index in [1.807, 2.05) is 51.1 Å². The topological polar surface area (TPSA) is 65.0 Å². The molecule has 1 fully saturated rings. The Labute approximate surface area is 147 Å². The molecule has 5 nitrogen and oxygen atoms in total. The highest BCUT2D eigenvalue weighted by molar-refractivity contribution is 7.91. The lowest BCUT2D eigenvalue weighted by Gasteiger charge is -2.30. The van der Waals surface area contributed by atoms with Gasteiger partial charge in [0.2, 0.25) is 0 Å². The molecule has 0 aliphatic carbocycles. The highest BCUT2D eigenvalue weighted by Gasteiger charge is 2.28. The van der Waals surface area contributed by atoms with Crippen LogP contribution in [0.3, 0.4) is 0 Å². The van der Waals surface area contributed by atoms with Crippen LogP contribution in [0.15, 0.2) is 34.7 Å². The van der Waals surface area contributed by atoms with Crippen molar-refractivity contribution in [1.82, 2.24) is 4.90 Å². The average Bonchev–Trinajstić information content (AvgIpc) is 2.58. The number of benzene rings is 1. The van der Waals surface area contributed by atoms with Gasteiger partial charge in [-0.05, 0) is 39.2 Å². The molecule has 2 atom stereocenters. The predicted octanol–water partition coefficient (Wildman–Crippen LogP) is 3.57. The maximum atomic E-state index is 12.2. The maximum absolute atomic E-state index is 12.2. The van der Waals surface area contributed by atoms with Crippen LogP contribution in [0.25, 0.3) is 0 Å². The Balaban J connectivity index is 1.83. The van der Waals surface area contributed by atoms with Gasteiger partial charge in [-0.15, -0.1) is 0 Å². The standard InChI is InChI=1S/C18H26N2O3S/c1-18(2,3)24(22)19-12-16-10-7-11-20(13-16)17(21)23-14-15-8-5-4-6-9-15/h4-6,8-9,12,16H,7,10-11,13-14H2,1-3H3. The normalized spacial score (nSPS) is 20.2. The number of piperidine rings is 1. The van der Waals surface area contributed by atoms with E-state index in [9.17, 15) is 9.35 Å². The number of nitrogens with zero attached hydrogens (tertiary/aromatic N) is 2. The summed E-state index contributed by atoms with van der Waals surface area (Å²) in [6.45, 7) is 7.24. The van der Waals surface area contributed by atoms with Gasteiger partial charge in [-0.3, -0.25) is 0 Å². The van der Waals surface area contributed by atoms with E-state index < -0.39 is 11.4 Å². The number of amides is 1. The lowest BCUT2D eigenvalue weighted by atomic mass is 10.00. The summed E-state index contributed by atoms with van der Waals surface area (Å²) in [5, 5.41) is 0. The molecule has 132 valence electrons. The first-order chi connectivity index (χ1) is 11.4. The van der Waals surface area contributed by atoms with Crippen molar-refractivity contribution in [2.45, 2.75) is 45.0 Å². The van der Waals surface area contributed by atoms with Crippen molar-refractivity contribution < 1.29 is 14.1 Å². The second-order valence-electron chi connectivity index (χ2n) is 7.00. The summed E-state index contributed by atoms with van der Waals surface area (Å²) in [5.41, 5.74) is 0.974. The van der Waals surface area contributed by atoms with Gasteiger partial charge in [0.1, 0.15) is 22.7 Å². The molecule has 1 amide bonds. The Morgan fingerprint density at radius 2 is 2.12 bits per heavy atom. The number of ether oxygens (including phenoxy) is 1. The predicted molar refractivity (Wildman–Crippen MR) is 97.3 cm³/mol. The van der Waals surface area contributed by atoms with Crippen LogP contribution >= 0.6 is 0 Å². The number of carbonyl (C=O) groups excluding carboxylic acids is 1. The van der Waals surface area contributed by atoms with Gasteiger partial charge in [-0.2, -0.15) is 0 Å². The van der Waals surface area contributed by atoms with E-state index in [4.69, 9.17) is 4.74 Å². The molecule has 1 aliphatic heterocycles. The summed E-state index contributed by atoms with van der Waals surface area (Å²) in [5.74, 6) is 0.134. The summed E-state index contributed by atoms with van der Waals surface area (Å²) in [7, 11) is 0. The number of likely N-dealkylation sites (tertiary alicyclic amines) is 1. The van der Waals surface area contributed by atoms with Crippen LogP contribution in [0, 0.1) is 5.92 Å². The maximum Gasteiger partial charge on any atom is 0.410 e. The number of hydrogen-bond acceptors (Lipinski definition) is 4. The Bertz CT molecular complexity index is 557. The minimum Gasteiger partial charge on any atom is -0.591 e. The van der Waals surface area contributed by atoms with Crippen LogP contribution in [0.4, 0.5) is 4.79 Å². The summed E-state index contributed by atoms with van der Waals surface area (Å²) < 4.78 is 21.2. The summed E-state index contributed by atoms with van der Waals surface area (Å²) in [6.07, 6.45) is 3.30. The van der Waals surface area contributed by atoms with E-state index in [0.29, 0.717) is 13.1 Å². The highest BCUT2D eigenvalue weighted by atomic mass is 32.2. The molecular weight excluding hydrogens is 324 g/mol. The van der Waals surface area contributed by atoms with E-state index >= 15 is 0 Å². The molecule has 0 radical (unpaired) electrons. The van der Waals surface area contributed by atoms with E-state index in [0.717, 1.165) is 18.4 Å². The van der Waals surface area contributed by atoms with Gasteiger partial charge in [0.05, 0.1) is 6.21 Å². The van der Waals surface area contributed by atoms with Crippen molar-refractivity contribution in [1.29, 1.82) is 0 Å². The average molecular weight is 350 g/mol. The Hall–Kier alpha value is -1.53. The SMILES string of the molecule is CC(C)(C)[S+]([O-])N=CC1CCCN(C(=O)OCc2ccccc2)C1. The van der Waals surface area contributed by atoms with E-state index in [1.54, 1.807) is 11.1 Å². The molecule has 0 aromatic heterocycles. The molecule has 1 aromatic carbocycles. The third-order valence-electron chi connectivity index (χ3n) is 3.81. The second kappa shape index (κ2) is 8.53. The van der Waals surface area contributed by atoms with Gasteiger partial charge in [0.15, 0.2) is 0 Å². The van der Waals surface area contributed by atoms with Gasteiger partial charge in [0.25, 0.3) is 0 Å². The van der Waals surface area contributed by atoms with Crippen molar-refractivity contribution in [2.24, 2.45) is 10.3 Å². The summed E-state index contributed by atoms with van der Waals surface area (Å²) in [4.78, 5) is 13.9. The van der Waals surface area contributed by atoms with Gasteiger partial charge < -0.3 is 14.2 Å². The molecular formula is C18H26N2O3S. The molecule has 2 unspecified atom stereocenters. The first kappa shape index (κ1) is 18.8. The Morgan fingerprint density at radius 3 is 2.79 bits per heavy atom. The van der Waals surface area contributed by atoms with Crippen LogP contribution in [0.1, 0.15) is 39.2 Å². The van der Waals surface area contributed by atoms with Crippen LogP contribution in [0.5, 0.6) is 0 Å². The van der Waals surface area contributed by atoms with Crippen LogP contribution < -0.4 is 0 Å². The highest BCUT2D eigenvalue weighted by Crippen LogP contribution is 2.20. The van der Waals surface area contributed by atoms with Crippen molar-refractivity contribution in [3.8, 4) is 0 Å². The van der Waals surface area contributed by atoms with Crippen LogP contribution in [-0.2, 0) is 22.7 Å². The van der Waals surface area contributed by atoms with Crippen molar-refractivity contribution in [3.05, 3.63) is 35.9 Å². The van der Waals surface area contributed by atoms with Gasteiger partial charge in [-0.1, -0.05) is 34.7 Å². The fourth-order valence-electron chi connectivity index (χ4n) is 2.41. The molecule has 0 saturated carbocycles. The monoisotopic (exact) mass is 350 g/mol. The van der Waals surface area contributed by atoms with Crippen LogP contribution in [-0.4, -0.2) is 39.6 Å². The zero-order valence-corrected chi connectivity index (χ0v) is 15.4. The Kier molecular flexibility index (Phi) is 6.69. The smallest absolute Gasteiger partial charge is 0.410 e. The van der Waals surface area contributed by atoms with Crippen molar-refractivity contribution in [2.75, 3.05) is 13.1 Å². The first-order valence-corrected chi connectivity index (χ1v) is 9.39. The molecule has 2 rings (SSSR count). The van der Waals surface area contributed by atoms with Crippen molar-refractivity contribution in [3.63, 3.8) is 0 Å². The summed E-state index contributed by atoms with van der Waals surface area (Å²) in [6, 6.07) is 9.64. The molecule has 1 saturated heterocycles. The minimum atomic E-state index is -1.25. The number of hydrogen-bond donors (Lipinski definition) is 0. The Morgan fingerprint density at radius 1 is 1.42 bits per heavy atom. The molecule has 0 spiro atoms. The van der Waals surface area contributed by atoms with Crippen molar-refractivity contribution >= 4 is 23.7 Å². The molecule has 1 heterocycles. The molecule has 0 bridgehead atoms. The second-order valence-corrected chi connectivity index (χ2v) is 8.94. The molecule has 6 heteroatoms. The zero-order chi connectivity index (χ0) is 17.6. The first-order valence-electron chi connectivity index (χ1n) is 8.28.